The van der Waals surface area contributed by atoms with Crippen LogP contribution in [0.5, 0.6) is 0 Å². The SMILES string of the molecule is CN1CC[C@@H](N)[C@H](CNC(=O)OC(C)(C)C)C1. The Labute approximate surface area is 104 Å². The summed E-state index contributed by atoms with van der Waals surface area (Å²) in [6.07, 6.45) is 0.620. The molecule has 2 atom stereocenters. The van der Waals surface area contributed by atoms with Crippen LogP contribution in [-0.4, -0.2) is 49.3 Å². The Balaban J connectivity index is 2.32. The summed E-state index contributed by atoms with van der Waals surface area (Å²) in [6.45, 7) is 8.10. The Morgan fingerprint density at radius 3 is 2.76 bits per heavy atom. The molecule has 3 N–H and O–H groups in total. The first-order valence-corrected chi connectivity index (χ1v) is 6.19. The fourth-order valence-electron chi connectivity index (χ4n) is 1.98. The van der Waals surface area contributed by atoms with Gasteiger partial charge in [-0.1, -0.05) is 0 Å². The summed E-state index contributed by atoms with van der Waals surface area (Å²) in [7, 11) is 2.08. The second-order valence-electron chi connectivity index (χ2n) is 5.86. The number of ether oxygens (including phenoxy) is 1. The summed E-state index contributed by atoms with van der Waals surface area (Å²) in [4.78, 5) is 13.7. The Kier molecular flexibility index (Phi) is 4.77. The van der Waals surface area contributed by atoms with Gasteiger partial charge in [-0.3, -0.25) is 0 Å². The average molecular weight is 243 g/mol. The molecule has 1 aliphatic heterocycles. The van der Waals surface area contributed by atoms with Gasteiger partial charge in [0.1, 0.15) is 5.60 Å². The fraction of sp³-hybridized carbons (Fsp3) is 0.917. The molecule has 100 valence electrons. The number of carbonyl (C=O) groups is 1. The van der Waals surface area contributed by atoms with Crippen LogP contribution in [0.2, 0.25) is 0 Å². The van der Waals surface area contributed by atoms with Gasteiger partial charge in [-0.2, -0.15) is 0 Å². The number of rotatable bonds is 2. The summed E-state index contributed by atoms with van der Waals surface area (Å²) in [6, 6.07) is 0.168. The smallest absolute Gasteiger partial charge is 0.407 e. The Morgan fingerprint density at radius 1 is 1.53 bits per heavy atom. The maximum Gasteiger partial charge on any atom is 0.407 e. The molecule has 0 unspecified atom stereocenters. The van der Waals surface area contributed by atoms with E-state index < -0.39 is 5.60 Å². The zero-order chi connectivity index (χ0) is 13.1. The minimum absolute atomic E-state index is 0.168. The fourth-order valence-corrected chi connectivity index (χ4v) is 1.98. The summed E-state index contributed by atoms with van der Waals surface area (Å²) < 4.78 is 5.19. The van der Waals surface area contributed by atoms with Gasteiger partial charge in [0.25, 0.3) is 0 Å². The van der Waals surface area contributed by atoms with E-state index in [9.17, 15) is 4.79 Å². The van der Waals surface area contributed by atoms with E-state index in [0.717, 1.165) is 19.5 Å². The van der Waals surface area contributed by atoms with Crippen LogP contribution in [0.1, 0.15) is 27.2 Å². The zero-order valence-corrected chi connectivity index (χ0v) is 11.3. The van der Waals surface area contributed by atoms with Crippen LogP contribution in [0.3, 0.4) is 0 Å². The minimum Gasteiger partial charge on any atom is -0.444 e. The van der Waals surface area contributed by atoms with Crippen molar-refractivity contribution in [1.29, 1.82) is 0 Å². The highest BCUT2D eigenvalue weighted by molar-refractivity contribution is 5.67. The number of alkyl carbamates (subject to hydrolysis) is 1. The predicted octanol–water partition coefficient (Wildman–Crippen LogP) is 0.790. The van der Waals surface area contributed by atoms with Crippen molar-refractivity contribution in [2.24, 2.45) is 11.7 Å². The molecule has 0 aromatic rings. The van der Waals surface area contributed by atoms with Gasteiger partial charge in [0.15, 0.2) is 0 Å². The standard InChI is InChI=1S/C12H25N3O2/c1-12(2,3)17-11(16)14-7-9-8-15(4)6-5-10(9)13/h9-10H,5-8,13H2,1-4H3,(H,14,16)/t9-,10-/m1/s1. The third-order valence-electron chi connectivity index (χ3n) is 2.90. The van der Waals surface area contributed by atoms with E-state index in [2.05, 4.69) is 17.3 Å². The number of hydrogen-bond acceptors (Lipinski definition) is 4. The topological polar surface area (TPSA) is 67.6 Å². The molecule has 5 heteroatoms. The molecule has 0 bridgehead atoms. The van der Waals surface area contributed by atoms with E-state index >= 15 is 0 Å². The van der Waals surface area contributed by atoms with E-state index in [-0.39, 0.29) is 12.1 Å². The van der Waals surface area contributed by atoms with E-state index in [1.807, 2.05) is 20.8 Å². The van der Waals surface area contributed by atoms with Crippen LogP contribution < -0.4 is 11.1 Å². The number of nitrogens with two attached hydrogens (primary N) is 1. The van der Waals surface area contributed by atoms with Crippen molar-refractivity contribution >= 4 is 6.09 Å². The first-order valence-electron chi connectivity index (χ1n) is 6.19. The number of amides is 1. The zero-order valence-electron chi connectivity index (χ0n) is 11.3. The maximum absolute atomic E-state index is 11.5. The Bertz CT molecular complexity index is 263. The van der Waals surface area contributed by atoms with E-state index in [0.29, 0.717) is 12.5 Å². The first kappa shape index (κ1) is 14.3. The van der Waals surface area contributed by atoms with Gasteiger partial charge in [-0.25, -0.2) is 4.79 Å². The van der Waals surface area contributed by atoms with Crippen LogP contribution in [-0.2, 0) is 4.74 Å². The number of nitrogens with one attached hydrogen (secondary N) is 1. The molecule has 1 fully saturated rings. The van der Waals surface area contributed by atoms with Crippen LogP contribution in [0.15, 0.2) is 0 Å². The number of piperidine rings is 1. The molecule has 0 aromatic carbocycles. The Morgan fingerprint density at radius 2 is 2.18 bits per heavy atom. The molecule has 1 amide bonds. The molecular weight excluding hydrogens is 218 g/mol. The lowest BCUT2D eigenvalue weighted by Crippen LogP contribution is -2.50. The lowest BCUT2D eigenvalue weighted by molar-refractivity contribution is 0.0506. The minimum atomic E-state index is -0.449. The molecule has 0 saturated carbocycles. The van der Waals surface area contributed by atoms with Crippen molar-refractivity contribution in [2.45, 2.75) is 38.8 Å². The van der Waals surface area contributed by atoms with E-state index in [1.54, 1.807) is 0 Å². The normalized spacial score (nSPS) is 26.6. The first-order chi connectivity index (χ1) is 7.78. The Hall–Kier alpha value is -0.810. The molecule has 1 aliphatic rings. The number of nitrogens with zero attached hydrogens (tertiary/aromatic N) is 1. The van der Waals surface area contributed by atoms with E-state index in [1.165, 1.54) is 0 Å². The van der Waals surface area contributed by atoms with Gasteiger partial charge in [-0.05, 0) is 40.8 Å². The van der Waals surface area contributed by atoms with Gasteiger partial charge in [0.05, 0.1) is 0 Å². The van der Waals surface area contributed by atoms with Gasteiger partial charge in [0, 0.05) is 25.0 Å². The van der Waals surface area contributed by atoms with Crippen molar-refractivity contribution in [3.05, 3.63) is 0 Å². The van der Waals surface area contributed by atoms with Crippen LogP contribution in [0.25, 0.3) is 0 Å². The summed E-state index contributed by atoms with van der Waals surface area (Å²) >= 11 is 0. The van der Waals surface area contributed by atoms with Gasteiger partial charge < -0.3 is 20.7 Å². The van der Waals surface area contributed by atoms with Crippen molar-refractivity contribution < 1.29 is 9.53 Å². The average Bonchev–Trinajstić information content (AvgIpc) is 2.17. The number of carbonyl (C=O) groups excluding carboxylic acids is 1. The van der Waals surface area contributed by atoms with Crippen LogP contribution in [0.4, 0.5) is 4.79 Å². The molecule has 1 heterocycles. The molecule has 0 aromatic heterocycles. The van der Waals surface area contributed by atoms with Crippen LogP contribution >= 0.6 is 0 Å². The van der Waals surface area contributed by atoms with Gasteiger partial charge in [0.2, 0.25) is 0 Å². The lowest BCUT2D eigenvalue weighted by Gasteiger charge is -2.34. The maximum atomic E-state index is 11.5. The molecular formula is C12H25N3O2. The molecule has 5 nitrogen and oxygen atoms in total. The second kappa shape index (κ2) is 5.69. The monoisotopic (exact) mass is 243 g/mol. The molecule has 0 radical (unpaired) electrons. The highest BCUT2D eigenvalue weighted by atomic mass is 16.6. The van der Waals surface area contributed by atoms with Crippen molar-refractivity contribution in [2.75, 3.05) is 26.7 Å². The number of likely N-dealkylation sites (tertiary alicyclic amines) is 1. The van der Waals surface area contributed by atoms with Crippen LogP contribution in [0, 0.1) is 5.92 Å². The molecule has 17 heavy (non-hydrogen) atoms. The second-order valence-corrected chi connectivity index (χ2v) is 5.86. The summed E-state index contributed by atoms with van der Waals surface area (Å²) in [5.41, 5.74) is 5.59. The largest absolute Gasteiger partial charge is 0.444 e. The molecule has 0 spiro atoms. The molecule has 0 aliphatic carbocycles. The third kappa shape index (κ3) is 5.37. The highest BCUT2D eigenvalue weighted by Gasteiger charge is 2.25. The molecule has 1 saturated heterocycles. The molecule has 1 rings (SSSR count). The van der Waals surface area contributed by atoms with Gasteiger partial charge >= 0.3 is 6.09 Å². The third-order valence-corrected chi connectivity index (χ3v) is 2.90. The van der Waals surface area contributed by atoms with Crippen molar-refractivity contribution in [1.82, 2.24) is 10.2 Å². The summed E-state index contributed by atoms with van der Waals surface area (Å²) in [5, 5.41) is 2.79. The van der Waals surface area contributed by atoms with Crippen molar-refractivity contribution in [3.8, 4) is 0 Å². The highest BCUT2D eigenvalue weighted by Crippen LogP contribution is 2.13. The summed E-state index contributed by atoms with van der Waals surface area (Å²) in [5.74, 6) is 0.307. The van der Waals surface area contributed by atoms with E-state index in [4.69, 9.17) is 10.5 Å². The predicted molar refractivity (Wildman–Crippen MR) is 67.8 cm³/mol. The quantitative estimate of drug-likeness (QED) is 0.752. The van der Waals surface area contributed by atoms with Crippen molar-refractivity contribution in [3.63, 3.8) is 0 Å². The van der Waals surface area contributed by atoms with Gasteiger partial charge in [-0.15, -0.1) is 0 Å². The lowest BCUT2D eigenvalue weighted by atomic mass is 9.93. The number of hydrogen-bond donors (Lipinski definition) is 2.